The lowest BCUT2D eigenvalue weighted by Crippen LogP contribution is -2.36. The average Bonchev–Trinajstić information content (AvgIpc) is 2.64. The molecule has 26 heavy (non-hydrogen) atoms. The Hall–Kier alpha value is -2.53. The van der Waals surface area contributed by atoms with Crippen molar-refractivity contribution in [2.45, 2.75) is 26.2 Å². The number of piperidine rings is 1. The van der Waals surface area contributed by atoms with Crippen molar-refractivity contribution in [2.24, 2.45) is 0 Å². The summed E-state index contributed by atoms with van der Waals surface area (Å²) in [6.07, 6.45) is 3.15. The van der Waals surface area contributed by atoms with Crippen LogP contribution in [0.1, 0.15) is 45.5 Å². The molecule has 0 bridgehead atoms. The van der Waals surface area contributed by atoms with Gasteiger partial charge in [-0.25, -0.2) is 0 Å². The molecule has 0 spiro atoms. The molecule has 0 unspecified atom stereocenters. The van der Waals surface area contributed by atoms with E-state index in [1.807, 2.05) is 11.8 Å². The van der Waals surface area contributed by atoms with Crippen LogP contribution in [0.3, 0.4) is 0 Å². The van der Waals surface area contributed by atoms with E-state index in [0.717, 1.165) is 37.9 Å². The molecule has 1 fully saturated rings. The molecule has 2 aromatic rings. The number of nitrogen functional groups attached to an aromatic ring is 1. The number of benzene rings is 2. The minimum Gasteiger partial charge on any atom is -0.399 e. The first-order valence-electron chi connectivity index (χ1n) is 8.72. The molecular weight excluding hydrogens is 350 g/mol. The van der Waals surface area contributed by atoms with Crippen LogP contribution in [0.2, 0.25) is 5.02 Å². The number of amides is 2. The molecular formula is C20H22ClN3O2. The fourth-order valence-corrected chi connectivity index (χ4v) is 3.32. The van der Waals surface area contributed by atoms with Crippen LogP contribution in [-0.4, -0.2) is 29.8 Å². The molecule has 0 atom stereocenters. The molecule has 3 N–H and O–H groups in total. The molecule has 3 rings (SSSR count). The van der Waals surface area contributed by atoms with E-state index in [9.17, 15) is 9.59 Å². The van der Waals surface area contributed by atoms with Gasteiger partial charge in [0, 0.05) is 29.4 Å². The summed E-state index contributed by atoms with van der Waals surface area (Å²) >= 11 is 6.10. The predicted octanol–water partition coefficient (Wildman–Crippen LogP) is 4.11. The smallest absolute Gasteiger partial charge is 0.256 e. The number of aryl methyl sites for hydroxylation is 1. The van der Waals surface area contributed by atoms with E-state index in [1.165, 1.54) is 0 Å². The molecule has 1 saturated heterocycles. The lowest BCUT2D eigenvalue weighted by molar-refractivity contribution is 0.0725. The third-order valence-electron chi connectivity index (χ3n) is 4.61. The van der Waals surface area contributed by atoms with E-state index in [-0.39, 0.29) is 11.8 Å². The van der Waals surface area contributed by atoms with Crippen LogP contribution >= 0.6 is 11.6 Å². The first-order valence-corrected chi connectivity index (χ1v) is 9.10. The molecule has 1 heterocycles. The molecule has 0 aliphatic carbocycles. The second kappa shape index (κ2) is 7.79. The first-order chi connectivity index (χ1) is 12.5. The third kappa shape index (κ3) is 3.99. The van der Waals surface area contributed by atoms with Crippen molar-refractivity contribution < 1.29 is 9.59 Å². The van der Waals surface area contributed by atoms with Gasteiger partial charge in [0.15, 0.2) is 0 Å². The highest BCUT2D eigenvalue weighted by molar-refractivity contribution is 6.31. The van der Waals surface area contributed by atoms with Gasteiger partial charge in [-0.2, -0.15) is 0 Å². The van der Waals surface area contributed by atoms with E-state index in [4.69, 9.17) is 17.3 Å². The molecule has 0 saturated carbocycles. The first kappa shape index (κ1) is 18.3. The van der Waals surface area contributed by atoms with Crippen molar-refractivity contribution in [3.8, 4) is 0 Å². The van der Waals surface area contributed by atoms with Crippen LogP contribution in [0, 0.1) is 6.92 Å². The maximum Gasteiger partial charge on any atom is 0.256 e. The number of hydrogen-bond donors (Lipinski definition) is 2. The van der Waals surface area contributed by atoms with Crippen LogP contribution in [-0.2, 0) is 0 Å². The highest BCUT2D eigenvalue weighted by Gasteiger charge is 2.22. The zero-order valence-electron chi connectivity index (χ0n) is 14.7. The van der Waals surface area contributed by atoms with Gasteiger partial charge in [-0.15, -0.1) is 0 Å². The predicted molar refractivity (Wildman–Crippen MR) is 105 cm³/mol. The summed E-state index contributed by atoms with van der Waals surface area (Å²) in [4.78, 5) is 27.4. The van der Waals surface area contributed by atoms with Gasteiger partial charge in [-0.3, -0.25) is 9.59 Å². The standard InChI is InChI=1S/C20H22ClN3O2/c1-13-5-7-15(22)12-17(13)19(25)23-18-11-14(21)6-8-16(18)20(26)24-9-3-2-4-10-24/h5-8,11-12H,2-4,9-10,22H2,1H3,(H,23,25). The molecule has 0 aromatic heterocycles. The van der Waals surface area contributed by atoms with Gasteiger partial charge in [0.25, 0.3) is 11.8 Å². The number of nitrogens with zero attached hydrogens (tertiary/aromatic N) is 1. The molecule has 2 amide bonds. The summed E-state index contributed by atoms with van der Waals surface area (Å²) in [7, 11) is 0. The maximum atomic E-state index is 12.9. The van der Waals surface area contributed by atoms with E-state index < -0.39 is 0 Å². The summed E-state index contributed by atoms with van der Waals surface area (Å²) < 4.78 is 0. The zero-order valence-corrected chi connectivity index (χ0v) is 15.5. The van der Waals surface area contributed by atoms with Gasteiger partial charge in [0.2, 0.25) is 0 Å². The largest absolute Gasteiger partial charge is 0.399 e. The molecule has 2 aromatic carbocycles. The molecule has 1 aliphatic heterocycles. The third-order valence-corrected chi connectivity index (χ3v) is 4.84. The second-order valence-electron chi connectivity index (χ2n) is 6.57. The summed E-state index contributed by atoms with van der Waals surface area (Å²) in [5, 5.41) is 3.29. The Morgan fingerprint density at radius 3 is 2.50 bits per heavy atom. The van der Waals surface area contributed by atoms with Crippen LogP contribution in [0.15, 0.2) is 36.4 Å². The lowest BCUT2D eigenvalue weighted by Gasteiger charge is -2.27. The number of anilines is 2. The quantitative estimate of drug-likeness (QED) is 0.797. The van der Waals surface area contributed by atoms with Gasteiger partial charge >= 0.3 is 0 Å². The summed E-state index contributed by atoms with van der Waals surface area (Å²) in [5.74, 6) is -0.397. The van der Waals surface area contributed by atoms with Crippen molar-refractivity contribution in [3.05, 3.63) is 58.1 Å². The molecule has 0 radical (unpaired) electrons. The van der Waals surface area contributed by atoms with Crippen LogP contribution in [0.4, 0.5) is 11.4 Å². The summed E-state index contributed by atoms with van der Waals surface area (Å²) in [5.41, 5.74) is 8.46. The summed E-state index contributed by atoms with van der Waals surface area (Å²) in [6, 6.07) is 10.1. The number of nitrogens with two attached hydrogens (primary N) is 1. The Kier molecular flexibility index (Phi) is 5.47. The van der Waals surface area contributed by atoms with E-state index in [0.29, 0.717) is 27.5 Å². The Bertz CT molecular complexity index is 845. The topological polar surface area (TPSA) is 75.4 Å². The Balaban J connectivity index is 1.89. The van der Waals surface area contributed by atoms with Gasteiger partial charge in [-0.1, -0.05) is 17.7 Å². The van der Waals surface area contributed by atoms with Crippen molar-refractivity contribution in [1.82, 2.24) is 4.90 Å². The SMILES string of the molecule is Cc1ccc(N)cc1C(=O)Nc1cc(Cl)ccc1C(=O)N1CCCCC1. The lowest BCUT2D eigenvalue weighted by atomic mass is 10.1. The van der Waals surface area contributed by atoms with Crippen LogP contribution in [0.25, 0.3) is 0 Å². The van der Waals surface area contributed by atoms with E-state index in [1.54, 1.807) is 36.4 Å². The molecule has 136 valence electrons. The number of halogens is 1. The second-order valence-corrected chi connectivity index (χ2v) is 7.01. The van der Waals surface area contributed by atoms with Crippen molar-refractivity contribution in [1.29, 1.82) is 0 Å². The highest BCUT2D eigenvalue weighted by atomic mass is 35.5. The average molecular weight is 372 g/mol. The minimum atomic E-state index is -0.315. The number of carbonyl (C=O) groups excluding carboxylic acids is 2. The fraction of sp³-hybridized carbons (Fsp3) is 0.300. The van der Waals surface area contributed by atoms with E-state index in [2.05, 4.69) is 5.32 Å². The fourth-order valence-electron chi connectivity index (χ4n) is 3.15. The van der Waals surface area contributed by atoms with Gasteiger partial charge in [0.05, 0.1) is 11.3 Å². The van der Waals surface area contributed by atoms with Gasteiger partial charge in [-0.05, 0) is 62.1 Å². The number of nitrogens with one attached hydrogen (secondary N) is 1. The number of hydrogen-bond acceptors (Lipinski definition) is 3. The summed E-state index contributed by atoms with van der Waals surface area (Å²) in [6.45, 7) is 3.32. The monoisotopic (exact) mass is 371 g/mol. The zero-order chi connectivity index (χ0) is 18.7. The highest BCUT2D eigenvalue weighted by Crippen LogP contribution is 2.25. The van der Waals surface area contributed by atoms with Crippen molar-refractivity contribution >= 4 is 34.8 Å². The number of rotatable bonds is 3. The Morgan fingerprint density at radius 2 is 1.77 bits per heavy atom. The van der Waals surface area contributed by atoms with E-state index >= 15 is 0 Å². The van der Waals surface area contributed by atoms with Crippen molar-refractivity contribution in [2.75, 3.05) is 24.1 Å². The van der Waals surface area contributed by atoms with Gasteiger partial charge in [0.1, 0.15) is 0 Å². The Labute approximate surface area is 158 Å². The molecule has 5 nitrogen and oxygen atoms in total. The van der Waals surface area contributed by atoms with Crippen LogP contribution < -0.4 is 11.1 Å². The minimum absolute atomic E-state index is 0.0824. The maximum absolute atomic E-state index is 12.9. The van der Waals surface area contributed by atoms with Crippen molar-refractivity contribution in [3.63, 3.8) is 0 Å². The number of likely N-dealkylation sites (tertiary alicyclic amines) is 1. The Morgan fingerprint density at radius 1 is 1.04 bits per heavy atom. The normalized spacial score (nSPS) is 14.2. The molecule has 6 heteroatoms. The van der Waals surface area contributed by atoms with Gasteiger partial charge < -0.3 is 16.0 Å². The van der Waals surface area contributed by atoms with Crippen LogP contribution in [0.5, 0.6) is 0 Å². The number of carbonyl (C=O) groups is 2. The molecule has 1 aliphatic rings.